The smallest absolute Gasteiger partial charge is 0.323 e. The molecule has 2 heterocycles. The number of nitrogens with two attached hydrogens (primary N) is 1. The quantitative estimate of drug-likeness (QED) is 0.838. The number of anilines is 1. The highest BCUT2D eigenvalue weighted by atomic mass is 16.5. The summed E-state index contributed by atoms with van der Waals surface area (Å²) in [7, 11) is 0. The lowest BCUT2D eigenvalue weighted by atomic mass is 10.4. The Morgan fingerprint density at radius 1 is 1.35 bits per heavy atom. The van der Waals surface area contributed by atoms with Crippen LogP contribution in [0.1, 0.15) is 18.9 Å². The molecule has 0 bridgehead atoms. The van der Waals surface area contributed by atoms with Crippen LogP contribution < -0.4 is 10.5 Å². The van der Waals surface area contributed by atoms with Gasteiger partial charge in [0.05, 0.1) is 12.8 Å². The standard InChI is InChI=1S/C10H14N6O/c1-3-4-17-10-14-8(11)13-9(15-10)16-6-7(2)5-12-16/h5-6H,3-4H2,1-2H3,(H2,11,13,14,15). The molecule has 0 saturated heterocycles. The van der Waals surface area contributed by atoms with Crippen LogP contribution in [0.25, 0.3) is 5.95 Å². The fourth-order valence-electron chi connectivity index (χ4n) is 1.24. The van der Waals surface area contributed by atoms with Crippen LogP contribution in [-0.2, 0) is 0 Å². The van der Waals surface area contributed by atoms with Gasteiger partial charge in [0.1, 0.15) is 0 Å². The Kier molecular flexibility index (Phi) is 3.17. The zero-order valence-corrected chi connectivity index (χ0v) is 9.79. The van der Waals surface area contributed by atoms with E-state index in [4.69, 9.17) is 10.5 Å². The van der Waals surface area contributed by atoms with E-state index in [0.717, 1.165) is 12.0 Å². The highest BCUT2D eigenvalue weighted by molar-refractivity contribution is 5.25. The molecule has 2 aromatic heterocycles. The molecular formula is C10H14N6O. The van der Waals surface area contributed by atoms with E-state index in [-0.39, 0.29) is 12.0 Å². The summed E-state index contributed by atoms with van der Waals surface area (Å²) in [5.74, 6) is 0.478. The number of aromatic nitrogens is 5. The normalized spacial score (nSPS) is 10.5. The molecule has 7 heteroatoms. The number of nitrogens with zero attached hydrogens (tertiary/aromatic N) is 5. The van der Waals surface area contributed by atoms with Crippen molar-refractivity contribution < 1.29 is 4.74 Å². The maximum atomic E-state index is 5.59. The molecule has 0 fully saturated rings. The Morgan fingerprint density at radius 2 is 2.18 bits per heavy atom. The maximum absolute atomic E-state index is 5.59. The molecule has 0 aliphatic carbocycles. The molecule has 0 saturated carbocycles. The summed E-state index contributed by atoms with van der Waals surface area (Å²) in [6, 6.07) is 0.225. The van der Waals surface area contributed by atoms with Gasteiger partial charge in [-0.05, 0) is 18.9 Å². The largest absolute Gasteiger partial charge is 0.463 e. The van der Waals surface area contributed by atoms with E-state index in [1.54, 1.807) is 12.4 Å². The molecule has 0 spiro atoms. The average Bonchev–Trinajstić information content (AvgIpc) is 2.72. The highest BCUT2D eigenvalue weighted by Gasteiger charge is 2.07. The minimum Gasteiger partial charge on any atom is -0.463 e. The van der Waals surface area contributed by atoms with Gasteiger partial charge in [0.15, 0.2) is 0 Å². The average molecular weight is 234 g/mol. The van der Waals surface area contributed by atoms with Gasteiger partial charge in [0, 0.05) is 6.20 Å². The van der Waals surface area contributed by atoms with Gasteiger partial charge in [-0.1, -0.05) is 6.92 Å². The number of ether oxygens (including phenoxy) is 1. The second kappa shape index (κ2) is 4.77. The summed E-state index contributed by atoms with van der Waals surface area (Å²) in [6.07, 6.45) is 4.40. The van der Waals surface area contributed by atoms with Gasteiger partial charge in [0.2, 0.25) is 5.95 Å². The van der Waals surface area contributed by atoms with Gasteiger partial charge >= 0.3 is 6.01 Å². The first-order valence-corrected chi connectivity index (χ1v) is 5.35. The van der Waals surface area contributed by atoms with Crippen molar-refractivity contribution in [2.24, 2.45) is 0 Å². The molecule has 2 N–H and O–H groups in total. The molecule has 0 radical (unpaired) electrons. The van der Waals surface area contributed by atoms with Crippen molar-refractivity contribution in [3.63, 3.8) is 0 Å². The van der Waals surface area contributed by atoms with Crippen LogP contribution >= 0.6 is 0 Å². The molecular weight excluding hydrogens is 220 g/mol. The lowest BCUT2D eigenvalue weighted by Gasteiger charge is -2.05. The van der Waals surface area contributed by atoms with Crippen LogP contribution in [0.4, 0.5) is 5.95 Å². The van der Waals surface area contributed by atoms with Crippen LogP contribution in [-0.4, -0.2) is 31.3 Å². The monoisotopic (exact) mass is 234 g/mol. The van der Waals surface area contributed by atoms with E-state index in [2.05, 4.69) is 20.1 Å². The van der Waals surface area contributed by atoms with Crippen molar-refractivity contribution in [2.75, 3.05) is 12.3 Å². The number of aryl methyl sites for hydroxylation is 1. The Labute approximate surface area is 98.7 Å². The summed E-state index contributed by atoms with van der Waals surface area (Å²) in [5.41, 5.74) is 6.61. The van der Waals surface area contributed by atoms with Gasteiger partial charge < -0.3 is 10.5 Å². The van der Waals surface area contributed by atoms with Gasteiger partial charge in [0.25, 0.3) is 5.95 Å². The van der Waals surface area contributed by atoms with Crippen molar-refractivity contribution in [3.8, 4) is 12.0 Å². The second-order valence-corrected chi connectivity index (χ2v) is 3.59. The second-order valence-electron chi connectivity index (χ2n) is 3.59. The van der Waals surface area contributed by atoms with Gasteiger partial charge in [-0.25, -0.2) is 4.68 Å². The molecule has 0 aromatic carbocycles. The first kappa shape index (κ1) is 11.3. The molecule has 0 amide bonds. The van der Waals surface area contributed by atoms with E-state index < -0.39 is 0 Å². The van der Waals surface area contributed by atoms with E-state index in [0.29, 0.717) is 12.6 Å². The first-order chi connectivity index (χ1) is 8.19. The third-order valence-electron chi connectivity index (χ3n) is 1.97. The third kappa shape index (κ3) is 2.68. The minimum absolute atomic E-state index is 0.120. The summed E-state index contributed by atoms with van der Waals surface area (Å²) >= 11 is 0. The molecule has 7 nitrogen and oxygen atoms in total. The molecule has 0 aliphatic heterocycles. The predicted octanol–water partition coefficient (Wildman–Crippen LogP) is 0.737. The van der Waals surface area contributed by atoms with Gasteiger partial charge in [-0.3, -0.25) is 0 Å². The Bertz CT molecular complexity index is 509. The molecule has 0 aliphatic rings. The SMILES string of the molecule is CCCOc1nc(N)nc(-n2cc(C)cn2)n1. The number of hydrogen-bond acceptors (Lipinski definition) is 6. The van der Waals surface area contributed by atoms with Crippen LogP contribution in [0.3, 0.4) is 0 Å². The van der Waals surface area contributed by atoms with E-state index in [1.165, 1.54) is 4.68 Å². The van der Waals surface area contributed by atoms with Crippen LogP contribution in [0.5, 0.6) is 6.01 Å². The van der Waals surface area contributed by atoms with Crippen LogP contribution in [0, 0.1) is 6.92 Å². The lowest BCUT2D eigenvalue weighted by molar-refractivity contribution is 0.291. The number of nitrogen functional groups attached to an aromatic ring is 1. The molecule has 0 atom stereocenters. The van der Waals surface area contributed by atoms with Gasteiger partial charge in [-0.15, -0.1) is 0 Å². The maximum Gasteiger partial charge on any atom is 0.323 e. The summed E-state index contributed by atoms with van der Waals surface area (Å²) in [6.45, 7) is 4.48. The van der Waals surface area contributed by atoms with Crippen molar-refractivity contribution in [3.05, 3.63) is 18.0 Å². The third-order valence-corrected chi connectivity index (χ3v) is 1.97. The van der Waals surface area contributed by atoms with E-state index in [9.17, 15) is 0 Å². The summed E-state index contributed by atoms with van der Waals surface area (Å²) in [5, 5.41) is 4.10. The number of hydrogen-bond donors (Lipinski definition) is 1. The van der Waals surface area contributed by atoms with E-state index in [1.807, 2.05) is 13.8 Å². The molecule has 0 unspecified atom stereocenters. The molecule has 2 aromatic rings. The summed E-state index contributed by atoms with van der Waals surface area (Å²) < 4.78 is 6.86. The Hall–Kier alpha value is -2.18. The minimum atomic E-state index is 0.120. The molecule has 2 rings (SSSR count). The van der Waals surface area contributed by atoms with Crippen LogP contribution in [0.2, 0.25) is 0 Å². The molecule has 17 heavy (non-hydrogen) atoms. The number of rotatable bonds is 4. The Balaban J connectivity index is 2.31. The summed E-state index contributed by atoms with van der Waals surface area (Å²) in [4.78, 5) is 12.0. The van der Waals surface area contributed by atoms with Crippen molar-refractivity contribution in [1.82, 2.24) is 24.7 Å². The van der Waals surface area contributed by atoms with Crippen LogP contribution in [0.15, 0.2) is 12.4 Å². The van der Waals surface area contributed by atoms with Gasteiger partial charge in [-0.2, -0.15) is 20.1 Å². The lowest BCUT2D eigenvalue weighted by Crippen LogP contribution is -2.09. The van der Waals surface area contributed by atoms with E-state index >= 15 is 0 Å². The molecule has 90 valence electrons. The fourth-order valence-corrected chi connectivity index (χ4v) is 1.24. The zero-order chi connectivity index (χ0) is 12.3. The zero-order valence-electron chi connectivity index (χ0n) is 9.79. The van der Waals surface area contributed by atoms with Crippen molar-refractivity contribution in [2.45, 2.75) is 20.3 Å². The van der Waals surface area contributed by atoms with Crippen molar-refractivity contribution in [1.29, 1.82) is 0 Å². The highest BCUT2D eigenvalue weighted by Crippen LogP contribution is 2.09. The Morgan fingerprint density at radius 3 is 2.82 bits per heavy atom. The topological polar surface area (TPSA) is 91.7 Å². The van der Waals surface area contributed by atoms with Crippen molar-refractivity contribution >= 4 is 5.95 Å². The fraction of sp³-hybridized carbons (Fsp3) is 0.400. The first-order valence-electron chi connectivity index (χ1n) is 5.35. The predicted molar refractivity (Wildman–Crippen MR) is 61.9 cm³/mol.